The quantitative estimate of drug-likeness (QED) is 0.280. The number of nitrogens with two attached hydrogens (primary N) is 1. The molecule has 1 atom stereocenters. The van der Waals surface area contributed by atoms with Crippen molar-refractivity contribution in [3.63, 3.8) is 0 Å². The van der Waals surface area contributed by atoms with E-state index in [9.17, 15) is 14.4 Å². The van der Waals surface area contributed by atoms with Crippen LogP contribution < -0.4 is 15.8 Å². The highest BCUT2D eigenvalue weighted by atomic mass is 32.1. The van der Waals surface area contributed by atoms with Crippen molar-refractivity contribution in [1.82, 2.24) is 0 Å². The standard InChI is InChI=1S/C27H26N2O6S.C2H6O/c1-5-35-27(32)19-14(2)29-25-21(20(19)15-6-8-17(9-7-15)26(31)34-4)22(28)24(36-25)23(30)16-10-12-18(33-3)13-11-16;1-2-3/h6-13,20,29H,5,28H2,1-4H3;3H,2H2,1H3. The fraction of sp³-hybridized carbons (Fsp3) is 0.276. The number of carbonyl (C=O) groups is 3. The number of nitrogen functional groups attached to an aromatic ring is 1. The number of aliphatic hydroxyl groups is 1. The zero-order valence-corrected chi connectivity index (χ0v) is 23.3. The van der Waals surface area contributed by atoms with Crippen molar-refractivity contribution in [3.8, 4) is 5.75 Å². The maximum atomic E-state index is 13.4. The Balaban J connectivity index is 0.00000134. The van der Waals surface area contributed by atoms with Crippen LogP contribution in [0.4, 0.5) is 10.7 Å². The van der Waals surface area contributed by atoms with E-state index in [0.29, 0.717) is 49.3 Å². The van der Waals surface area contributed by atoms with Crippen molar-refractivity contribution < 1.29 is 33.7 Å². The Bertz CT molecular complexity index is 1380. The zero-order chi connectivity index (χ0) is 28.7. The van der Waals surface area contributed by atoms with Crippen LogP contribution in [0.25, 0.3) is 0 Å². The molecule has 10 heteroatoms. The topological polar surface area (TPSA) is 137 Å². The number of hydrogen-bond donors (Lipinski definition) is 3. The third-order valence-electron chi connectivity index (χ3n) is 5.98. The number of aliphatic hydroxyl groups excluding tert-OH is 1. The minimum absolute atomic E-state index is 0.205. The summed E-state index contributed by atoms with van der Waals surface area (Å²) < 4.78 is 15.3. The number of rotatable bonds is 7. The molecule has 9 nitrogen and oxygen atoms in total. The van der Waals surface area contributed by atoms with Crippen molar-refractivity contribution in [2.24, 2.45) is 0 Å². The molecule has 0 aliphatic carbocycles. The Morgan fingerprint density at radius 2 is 1.56 bits per heavy atom. The molecule has 1 unspecified atom stereocenters. The molecule has 0 saturated carbocycles. The molecule has 4 rings (SSSR count). The summed E-state index contributed by atoms with van der Waals surface area (Å²) in [6.45, 7) is 5.66. The van der Waals surface area contributed by atoms with Crippen LogP contribution in [-0.2, 0) is 14.3 Å². The van der Waals surface area contributed by atoms with Gasteiger partial charge in [0.05, 0.1) is 42.7 Å². The van der Waals surface area contributed by atoms with Crippen molar-refractivity contribution in [2.45, 2.75) is 26.7 Å². The van der Waals surface area contributed by atoms with E-state index in [-0.39, 0.29) is 19.0 Å². The summed E-state index contributed by atoms with van der Waals surface area (Å²) in [5, 5.41) is 11.5. The van der Waals surface area contributed by atoms with E-state index in [1.165, 1.54) is 18.4 Å². The molecule has 4 N–H and O–H groups in total. The Morgan fingerprint density at radius 1 is 0.974 bits per heavy atom. The molecular weight excluding hydrogens is 520 g/mol. The van der Waals surface area contributed by atoms with E-state index in [2.05, 4.69) is 5.32 Å². The summed E-state index contributed by atoms with van der Waals surface area (Å²) in [6, 6.07) is 13.6. The molecule has 3 aromatic rings. The van der Waals surface area contributed by atoms with E-state index in [0.717, 1.165) is 5.56 Å². The van der Waals surface area contributed by atoms with Crippen LogP contribution in [0.2, 0.25) is 0 Å². The molecule has 0 fully saturated rings. The van der Waals surface area contributed by atoms with Crippen LogP contribution in [0.3, 0.4) is 0 Å². The number of carbonyl (C=O) groups excluding carboxylic acids is 3. The van der Waals surface area contributed by atoms with Gasteiger partial charge in [-0.05, 0) is 62.7 Å². The number of hydrogen-bond acceptors (Lipinski definition) is 10. The van der Waals surface area contributed by atoms with E-state index < -0.39 is 17.9 Å². The van der Waals surface area contributed by atoms with Crippen molar-refractivity contribution >= 4 is 39.7 Å². The Hall–Kier alpha value is -4.15. The highest BCUT2D eigenvalue weighted by Gasteiger charge is 2.38. The van der Waals surface area contributed by atoms with Gasteiger partial charge in [0.15, 0.2) is 0 Å². The summed E-state index contributed by atoms with van der Waals surface area (Å²) in [5.74, 6) is -1.13. The molecule has 2 heterocycles. The number of anilines is 2. The predicted octanol–water partition coefficient (Wildman–Crippen LogP) is 4.75. The van der Waals surface area contributed by atoms with Gasteiger partial charge in [-0.15, -0.1) is 11.3 Å². The fourth-order valence-electron chi connectivity index (χ4n) is 4.22. The molecule has 0 bridgehead atoms. The highest BCUT2D eigenvalue weighted by Crippen LogP contribution is 2.50. The molecule has 206 valence electrons. The van der Waals surface area contributed by atoms with Gasteiger partial charge >= 0.3 is 11.9 Å². The molecule has 2 aromatic carbocycles. The number of ether oxygens (including phenoxy) is 3. The van der Waals surface area contributed by atoms with Gasteiger partial charge in [-0.25, -0.2) is 9.59 Å². The minimum Gasteiger partial charge on any atom is -0.497 e. The summed E-state index contributed by atoms with van der Waals surface area (Å²) in [4.78, 5) is 38.7. The predicted molar refractivity (Wildman–Crippen MR) is 150 cm³/mol. The molecule has 0 radical (unpaired) electrons. The first-order chi connectivity index (χ1) is 18.7. The lowest BCUT2D eigenvalue weighted by Gasteiger charge is -2.28. The summed E-state index contributed by atoms with van der Waals surface area (Å²) >= 11 is 1.24. The van der Waals surface area contributed by atoms with Gasteiger partial charge in [0.25, 0.3) is 0 Å². The van der Waals surface area contributed by atoms with Crippen molar-refractivity contribution in [2.75, 3.05) is 38.5 Å². The lowest BCUT2D eigenvalue weighted by molar-refractivity contribution is -0.138. The molecule has 0 saturated heterocycles. The normalized spacial score (nSPS) is 13.8. The van der Waals surface area contributed by atoms with Crippen molar-refractivity contribution in [3.05, 3.63) is 86.9 Å². The van der Waals surface area contributed by atoms with Crippen LogP contribution in [0, 0.1) is 0 Å². The largest absolute Gasteiger partial charge is 0.497 e. The first-order valence-electron chi connectivity index (χ1n) is 12.3. The third kappa shape index (κ3) is 6.13. The molecule has 39 heavy (non-hydrogen) atoms. The van der Waals surface area contributed by atoms with Gasteiger partial charge < -0.3 is 30.4 Å². The fourth-order valence-corrected chi connectivity index (χ4v) is 5.40. The molecular formula is C29H32N2O7S. The van der Waals surface area contributed by atoms with Gasteiger partial charge in [-0.2, -0.15) is 0 Å². The number of allylic oxidation sites excluding steroid dienone is 1. The molecule has 1 aliphatic heterocycles. The number of methoxy groups -OCH3 is 2. The van der Waals surface area contributed by atoms with Crippen molar-refractivity contribution in [1.29, 1.82) is 0 Å². The summed E-state index contributed by atoms with van der Waals surface area (Å²) in [5.41, 5.74) is 10.1. The maximum Gasteiger partial charge on any atom is 0.337 e. The van der Waals surface area contributed by atoms with Gasteiger partial charge in [-0.3, -0.25) is 4.79 Å². The van der Waals surface area contributed by atoms with Crippen LogP contribution in [-0.4, -0.2) is 50.3 Å². The van der Waals surface area contributed by atoms with E-state index in [1.54, 1.807) is 76.4 Å². The van der Waals surface area contributed by atoms with Gasteiger partial charge in [-0.1, -0.05) is 12.1 Å². The van der Waals surface area contributed by atoms with E-state index in [1.807, 2.05) is 0 Å². The number of ketones is 1. The second-order valence-corrected chi connectivity index (χ2v) is 9.41. The molecule has 0 spiro atoms. The van der Waals surface area contributed by atoms with Gasteiger partial charge in [0.1, 0.15) is 10.6 Å². The SMILES string of the molecule is CCO.CCOC(=O)C1=C(C)Nc2sc(C(=O)c3ccc(OC)cc3)c(N)c2C1c1ccc(C(=O)OC)cc1. The zero-order valence-electron chi connectivity index (χ0n) is 22.5. The van der Waals surface area contributed by atoms with Crippen LogP contribution in [0.1, 0.15) is 63.4 Å². The second-order valence-electron chi connectivity index (χ2n) is 8.39. The Morgan fingerprint density at radius 3 is 2.10 bits per heavy atom. The second kappa shape index (κ2) is 13.1. The molecule has 1 aliphatic rings. The Kier molecular flexibility index (Phi) is 9.86. The average Bonchev–Trinajstić information content (AvgIpc) is 3.27. The summed E-state index contributed by atoms with van der Waals surface area (Å²) in [6.07, 6.45) is 0. The number of thiophene rings is 1. The lowest BCUT2D eigenvalue weighted by Crippen LogP contribution is -2.24. The van der Waals surface area contributed by atoms with Gasteiger partial charge in [0.2, 0.25) is 5.78 Å². The maximum absolute atomic E-state index is 13.4. The van der Waals surface area contributed by atoms with E-state index >= 15 is 0 Å². The number of benzene rings is 2. The van der Waals surface area contributed by atoms with Gasteiger partial charge in [0, 0.05) is 29.3 Å². The monoisotopic (exact) mass is 552 g/mol. The number of fused-ring (bicyclic) bond motifs is 1. The Labute approximate surface area is 231 Å². The van der Waals surface area contributed by atoms with Crippen LogP contribution in [0.15, 0.2) is 59.8 Å². The van der Waals surface area contributed by atoms with E-state index in [4.69, 9.17) is 25.1 Å². The first kappa shape index (κ1) is 29.4. The minimum atomic E-state index is -0.597. The molecule has 1 aromatic heterocycles. The number of esters is 2. The van der Waals surface area contributed by atoms with Crippen LogP contribution >= 0.6 is 11.3 Å². The lowest BCUT2D eigenvalue weighted by atomic mass is 9.81. The smallest absolute Gasteiger partial charge is 0.337 e. The molecule has 0 amide bonds. The number of nitrogens with one attached hydrogen (secondary N) is 1. The first-order valence-corrected chi connectivity index (χ1v) is 13.1. The highest BCUT2D eigenvalue weighted by molar-refractivity contribution is 7.19. The average molecular weight is 553 g/mol. The summed E-state index contributed by atoms with van der Waals surface area (Å²) in [7, 11) is 2.87. The van der Waals surface area contributed by atoms with Crippen LogP contribution in [0.5, 0.6) is 5.75 Å². The third-order valence-corrected chi connectivity index (χ3v) is 7.12.